The summed E-state index contributed by atoms with van der Waals surface area (Å²) in [5.41, 5.74) is 0. The highest BCUT2D eigenvalue weighted by Crippen LogP contribution is 2.11. The van der Waals surface area contributed by atoms with Gasteiger partial charge in [-0.25, -0.2) is 0 Å². The van der Waals surface area contributed by atoms with Crippen LogP contribution >= 0.6 is 0 Å². The molecule has 0 aliphatic carbocycles. The summed E-state index contributed by atoms with van der Waals surface area (Å²) in [4.78, 5) is 11.0. The summed E-state index contributed by atoms with van der Waals surface area (Å²) < 4.78 is 35.1. The number of terminal acetylenes is 1. The molecule has 16 heavy (non-hydrogen) atoms. The van der Waals surface area contributed by atoms with E-state index in [4.69, 9.17) is 6.42 Å². The molecule has 0 heterocycles. The molecule has 0 aromatic heterocycles. The minimum atomic E-state index is -4.28. The molecule has 6 heteroatoms. The molecule has 0 atom stereocenters. The molecule has 0 bridgehead atoms. The average molecular weight is 236 g/mol. The van der Waals surface area contributed by atoms with E-state index in [9.17, 15) is 18.0 Å². The first-order valence-corrected chi connectivity index (χ1v) is 4.93. The Morgan fingerprint density at radius 3 is 2.56 bits per heavy atom. The number of hydrogen-bond donors (Lipinski definition) is 2. The van der Waals surface area contributed by atoms with Crippen LogP contribution in [-0.4, -0.2) is 31.7 Å². The maximum atomic E-state index is 11.7. The van der Waals surface area contributed by atoms with Gasteiger partial charge < -0.3 is 10.6 Å². The van der Waals surface area contributed by atoms with Gasteiger partial charge in [-0.2, -0.15) is 13.2 Å². The van der Waals surface area contributed by atoms with Crippen LogP contribution in [0.1, 0.15) is 19.3 Å². The van der Waals surface area contributed by atoms with Crippen molar-refractivity contribution in [1.29, 1.82) is 0 Å². The molecule has 0 rings (SSSR count). The van der Waals surface area contributed by atoms with Crippen LogP contribution in [-0.2, 0) is 4.79 Å². The van der Waals surface area contributed by atoms with Crippen molar-refractivity contribution in [3.63, 3.8) is 0 Å². The zero-order chi connectivity index (χ0) is 12.4. The molecule has 3 nitrogen and oxygen atoms in total. The third-order valence-corrected chi connectivity index (χ3v) is 1.68. The Kier molecular flexibility index (Phi) is 7.38. The summed E-state index contributed by atoms with van der Waals surface area (Å²) in [6.45, 7) is -1.04. The van der Waals surface area contributed by atoms with Crippen LogP contribution < -0.4 is 10.6 Å². The lowest BCUT2D eigenvalue weighted by atomic mass is 10.2. The molecule has 0 radical (unpaired) electrons. The third kappa shape index (κ3) is 10.9. The number of alkyl halides is 3. The van der Waals surface area contributed by atoms with Crippen LogP contribution in [0.25, 0.3) is 0 Å². The topological polar surface area (TPSA) is 41.1 Å². The first-order valence-electron chi connectivity index (χ1n) is 4.93. The Labute approximate surface area is 92.8 Å². The molecule has 0 saturated carbocycles. The highest BCUT2D eigenvalue weighted by Gasteiger charge is 2.26. The van der Waals surface area contributed by atoms with Crippen molar-refractivity contribution < 1.29 is 18.0 Å². The zero-order valence-electron chi connectivity index (χ0n) is 8.86. The smallest absolute Gasteiger partial charge is 0.355 e. The number of nitrogens with one attached hydrogen (secondary N) is 2. The summed E-state index contributed by atoms with van der Waals surface area (Å²) >= 11 is 0. The van der Waals surface area contributed by atoms with Crippen molar-refractivity contribution in [3.8, 4) is 12.3 Å². The van der Waals surface area contributed by atoms with Crippen LogP contribution in [0.2, 0.25) is 0 Å². The molecule has 0 unspecified atom stereocenters. The van der Waals surface area contributed by atoms with Crippen LogP contribution in [0, 0.1) is 12.3 Å². The van der Waals surface area contributed by atoms with Gasteiger partial charge in [0.2, 0.25) is 5.91 Å². The van der Waals surface area contributed by atoms with E-state index in [0.29, 0.717) is 13.0 Å². The van der Waals surface area contributed by atoms with Gasteiger partial charge in [0.15, 0.2) is 0 Å². The van der Waals surface area contributed by atoms with Crippen LogP contribution in [0.4, 0.5) is 13.2 Å². The van der Waals surface area contributed by atoms with E-state index in [-0.39, 0.29) is 6.54 Å². The maximum Gasteiger partial charge on any atom is 0.401 e. The summed E-state index contributed by atoms with van der Waals surface area (Å²) in [6.07, 6.45) is 2.91. The third-order valence-electron chi connectivity index (χ3n) is 1.68. The van der Waals surface area contributed by atoms with Crippen molar-refractivity contribution >= 4 is 5.91 Å². The van der Waals surface area contributed by atoms with Crippen molar-refractivity contribution in [2.75, 3.05) is 19.6 Å². The lowest BCUT2D eigenvalue weighted by molar-refractivity contribution is -0.128. The highest BCUT2D eigenvalue weighted by molar-refractivity contribution is 5.77. The fourth-order valence-electron chi connectivity index (χ4n) is 0.960. The Hall–Kier alpha value is -1.22. The van der Waals surface area contributed by atoms with Gasteiger partial charge in [-0.1, -0.05) is 0 Å². The Bertz CT molecular complexity index is 245. The molecule has 0 fully saturated rings. The molecular weight excluding hydrogens is 221 g/mol. The summed E-state index contributed by atoms with van der Waals surface area (Å²) in [5.74, 6) is 2.02. The molecule has 0 spiro atoms. The monoisotopic (exact) mass is 236 g/mol. The number of halogens is 3. The summed E-state index contributed by atoms with van der Waals surface area (Å²) in [7, 11) is 0. The number of unbranched alkanes of at least 4 members (excludes halogenated alkanes) is 2. The number of carbonyl (C=O) groups excluding carboxylic acids is 1. The second-order valence-electron chi connectivity index (χ2n) is 3.23. The number of rotatable bonds is 7. The number of carbonyl (C=O) groups is 1. The Balaban J connectivity index is 3.36. The van der Waals surface area contributed by atoms with Crippen molar-refractivity contribution in [1.82, 2.24) is 10.6 Å². The molecule has 92 valence electrons. The van der Waals surface area contributed by atoms with Gasteiger partial charge in [0.25, 0.3) is 0 Å². The van der Waals surface area contributed by atoms with E-state index in [1.54, 1.807) is 0 Å². The molecule has 0 saturated heterocycles. The van der Waals surface area contributed by atoms with Gasteiger partial charge in [-0.3, -0.25) is 4.79 Å². The van der Waals surface area contributed by atoms with Gasteiger partial charge in [0, 0.05) is 13.0 Å². The van der Waals surface area contributed by atoms with Crippen LogP contribution in [0.15, 0.2) is 0 Å². The summed E-state index contributed by atoms with van der Waals surface area (Å²) in [6, 6.07) is 0. The van der Waals surface area contributed by atoms with Crippen LogP contribution in [0.3, 0.4) is 0 Å². The first kappa shape index (κ1) is 14.8. The van der Waals surface area contributed by atoms with Crippen molar-refractivity contribution in [2.45, 2.75) is 25.4 Å². The van der Waals surface area contributed by atoms with Gasteiger partial charge in [-0.15, -0.1) is 12.3 Å². The molecule has 0 aliphatic rings. The minimum absolute atomic E-state index is 0.325. The molecule has 0 aliphatic heterocycles. The lowest BCUT2D eigenvalue weighted by Crippen LogP contribution is -2.38. The normalized spacial score (nSPS) is 10.9. The van der Waals surface area contributed by atoms with E-state index in [2.05, 4.69) is 11.2 Å². The standard InChI is InChI=1S/C10H15F3N2O/c1-2-3-4-5-6-15-9(16)7-14-8-10(11,12)13/h1,14H,3-8H2,(H,15,16). The molecule has 0 aromatic carbocycles. The van der Waals surface area contributed by atoms with E-state index >= 15 is 0 Å². The van der Waals surface area contributed by atoms with E-state index in [0.717, 1.165) is 12.8 Å². The fraction of sp³-hybridized carbons (Fsp3) is 0.700. The molecular formula is C10H15F3N2O. The highest BCUT2D eigenvalue weighted by atomic mass is 19.4. The average Bonchev–Trinajstić information content (AvgIpc) is 2.15. The number of amides is 1. The van der Waals surface area contributed by atoms with E-state index < -0.39 is 18.6 Å². The van der Waals surface area contributed by atoms with Crippen molar-refractivity contribution in [2.24, 2.45) is 0 Å². The van der Waals surface area contributed by atoms with Gasteiger partial charge in [0.1, 0.15) is 0 Å². The molecule has 0 aromatic rings. The van der Waals surface area contributed by atoms with Crippen LogP contribution in [0.5, 0.6) is 0 Å². The lowest BCUT2D eigenvalue weighted by Gasteiger charge is -2.08. The van der Waals surface area contributed by atoms with E-state index in [1.807, 2.05) is 5.32 Å². The molecule has 2 N–H and O–H groups in total. The minimum Gasteiger partial charge on any atom is -0.355 e. The predicted octanol–water partition coefficient (Wildman–Crippen LogP) is 1.06. The van der Waals surface area contributed by atoms with Gasteiger partial charge >= 0.3 is 6.18 Å². The fourth-order valence-corrected chi connectivity index (χ4v) is 0.960. The SMILES string of the molecule is C#CCCCCNC(=O)CNCC(F)(F)F. The maximum absolute atomic E-state index is 11.7. The summed E-state index contributed by atoms with van der Waals surface area (Å²) in [5, 5.41) is 4.50. The number of hydrogen-bond acceptors (Lipinski definition) is 2. The predicted molar refractivity (Wildman–Crippen MR) is 54.6 cm³/mol. The largest absolute Gasteiger partial charge is 0.401 e. The Morgan fingerprint density at radius 1 is 1.31 bits per heavy atom. The van der Waals surface area contributed by atoms with E-state index in [1.165, 1.54) is 0 Å². The molecule has 1 amide bonds. The quantitative estimate of drug-likeness (QED) is 0.512. The van der Waals surface area contributed by atoms with Gasteiger partial charge in [0.05, 0.1) is 13.1 Å². The zero-order valence-corrected chi connectivity index (χ0v) is 8.86. The second-order valence-corrected chi connectivity index (χ2v) is 3.23. The first-order chi connectivity index (χ1) is 7.45. The Morgan fingerprint density at radius 2 is 2.00 bits per heavy atom. The van der Waals surface area contributed by atoms with Gasteiger partial charge in [-0.05, 0) is 12.8 Å². The van der Waals surface area contributed by atoms with Crippen molar-refractivity contribution in [3.05, 3.63) is 0 Å². The second kappa shape index (κ2) is 7.99.